The van der Waals surface area contributed by atoms with E-state index < -0.39 is 0 Å². The number of thiophene rings is 1. The average Bonchev–Trinajstić information content (AvgIpc) is 3.14. The number of fused-ring (bicyclic) bond motifs is 1. The molecule has 1 aliphatic rings. The highest BCUT2D eigenvalue weighted by Gasteiger charge is 2.29. The number of amides is 2. The van der Waals surface area contributed by atoms with Crippen molar-refractivity contribution in [2.24, 2.45) is 0 Å². The van der Waals surface area contributed by atoms with Gasteiger partial charge in [0.2, 0.25) is 11.8 Å². The second-order valence-electron chi connectivity index (χ2n) is 6.23. The van der Waals surface area contributed by atoms with Gasteiger partial charge in [-0.25, -0.2) is 0 Å². The number of rotatable bonds is 6. The third-order valence-corrected chi connectivity index (χ3v) is 5.33. The number of hydrogen-bond donors (Lipinski definition) is 0. The quantitative estimate of drug-likeness (QED) is 0.718. The average molecular weight is 366 g/mol. The molecule has 1 atom stereocenters. The molecule has 0 spiro atoms. The lowest BCUT2D eigenvalue weighted by atomic mass is 9.93. The minimum Gasteiger partial charge on any atom is -0.334 e. The predicted octanol–water partition coefficient (Wildman–Crippen LogP) is 4.23. The molecule has 26 heavy (non-hydrogen) atoms. The van der Waals surface area contributed by atoms with Crippen molar-refractivity contribution in [2.45, 2.75) is 25.9 Å². The smallest absolute Gasteiger partial charge is 0.225 e. The van der Waals surface area contributed by atoms with Gasteiger partial charge in [-0.3, -0.25) is 9.59 Å². The van der Waals surface area contributed by atoms with Crippen LogP contribution in [0, 0.1) is 0 Å². The van der Waals surface area contributed by atoms with Crippen LogP contribution in [0.2, 0.25) is 0 Å². The maximum Gasteiger partial charge on any atom is 0.225 e. The van der Waals surface area contributed by atoms with Crippen LogP contribution in [0.4, 0.5) is 0 Å². The Hall–Kier alpha value is -2.66. The van der Waals surface area contributed by atoms with Gasteiger partial charge in [0.05, 0.1) is 19.0 Å². The fourth-order valence-electron chi connectivity index (χ4n) is 3.21. The molecule has 1 aromatic carbocycles. The largest absolute Gasteiger partial charge is 0.334 e. The van der Waals surface area contributed by atoms with E-state index in [9.17, 15) is 9.59 Å². The van der Waals surface area contributed by atoms with Gasteiger partial charge in [-0.05, 0) is 28.6 Å². The molecule has 1 unspecified atom stereocenters. The Morgan fingerprint density at radius 2 is 2.08 bits per heavy atom. The predicted molar refractivity (Wildman–Crippen MR) is 105 cm³/mol. The lowest BCUT2D eigenvalue weighted by Crippen LogP contribution is -2.37. The summed E-state index contributed by atoms with van der Waals surface area (Å²) in [6.45, 7) is 6.35. The van der Waals surface area contributed by atoms with Crippen molar-refractivity contribution in [2.75, 3.05) is 6.54 Å². The molecule has 0 aliphatic carbocycles. The first-order valence-corrected chi connectivity index (χ1v) is 9.45. The number of benzene rings is 1. The molecule has 0 radical (unpaired) electrons. The number of hydrogen-bond acceptors (Lipinski definition) is 3. The molecule has 0 N–H and O–H groups in total. The Bertz CT molecular complexity index is 826. The Kier molecular flexibility index (Phi) is 5.68. The van der Waals surface area contributed by atoms with Crippen molar-refractivity contribution in [3.05, 3.63) is 76.6 Å². The van der Waals surface area contributed by atoms with Gasteiger partial charge in [0.1, 0.15) is 0 Å². The molecule has 0 bridgehead atoms. The van der Waals surface area contributed by atoms with Gasteiger partial charge in [0.15, 0.2) is 0 Å². The zero-order valence-electron chi connectivity index (χ0n) is 14.8. The molecule has 2 aromatic rings. The SMILES string of the molecule is C=CCN(Cc1cccs1)C(=O)CC1c2ccccc2C=CN1C(C)=O. The molecule has 5 heteroatoms. The summed E-state index contributed by atoms with van der Waals surface area (Å²) in [7, 11) is 0. The summed E-state index contributed by atoms with van der Waals surface area (Å²) in [4.78, 5) is 29.7. The van der Waals surface area contributed by atoms with Crippen molar-refractivity contribution in [1.82, 2.24) is 9.80 Å². The van der Waals surface area contributed by atoms with Crippen molar-refractivity contribution >= 4 is 29.2 Å². The highest BCUT2D eigenvalue weighted by atomic mass is 32.1. The van der Waals surface area contributed by atoms with Gasteiger partial charge in [-0.2, -0.15) is 0 Å². The van der Waals surface area contributed by atoms with Crippen molar-refractivity contribution in [3.8, 4) is 0 Å². The molecule has 1 aliphatic heterocycles. The molecule has 134 valence electrons. The zero-order chi connectivity index (χ0) is 18.5. The van der Waals surface area contributed by atoms with Gasteiger partial charge >= 0.3 is 0 Å². The molecule has 0 fully saturated rings. The standard InChI is InChI=1S/C21H22N2O2S/c1-3-11-22(15-18-8-6-13-26-18)21(25)14-20-19-9-5-4-7-17(19)10-12-23(20)16(2)24/h3-10,12-13,20H,1,11,14-15H2,2H3. The minimum atomic E-state index is -0.281. The lowest BCUT2D eigenvalue weighted by molar-refractivity contribution is -0.134. The third-order valence-electron chi connectivity index (χ3n) is 4.47. The molecule has 1 aromatic heterocycles. The van der Waals surface area contributed by atoms with Crippen LogP contribution >= 0.6 is 11.3 Å². The highest BCUT2D eigenvalue weighted by Crippen LogP contribution is 2.33. The monoisotopic (exact) mass is 366 g/mol. The van der Waals surface area contributed by atoms with E-state index in [0.29, 0.717) is 13.1 Å². The first kappa shape index (κ1) is 18.1. The molecule has 4 nitrogen and oxygen atoms in total. The molecule has 2 amide bonds. The van der Waals surface area contributed by atoms with E-state index in [-0.39, 0.29) is 24.3 Å². The van der Waals surface area contributed by atoms with Crippen LogP contribution in [-0.2, 0) is 16.1 Å². The van der Waals surface area contributed by atoms with Gasteiger partial charge in [-0.15, -0.1) is 17.9 Å². The van der Waals surface area contributed by atoms with E-state index in [1.807, 2.05) is 47.9 Å². The second kappa shape index (κ2) is 8.15. The van der Waals surface area contributed by atoms with Gasteiger partial charge in [0, 0.05) is 24.5 Å². The summed E-state index contributed by atoms with van der Waals surface area (Å²) in [5.74, 6) is -0.0540. The van der Waals surface area contributed by atoms with Crippen molar-refractivity contribution < 1.29 is 9.59 Å². The van der Waals surface area contributed by atoms with Crippen molar-refractivity contribution in [3.63, 3.8) is 0 Å². The number of carbonyl (C=O) groups is 2. The Balaban J connectivity index is 1.83. The molecule has 3 rings (SSSR count). The van der Waals surface area contributed by atoms with Crippen LogP contribution in [0.25, 0.3) is 6.08 Å². The summed E-state index contributed by atoms with van der Waals surface area (Å²) < 4.78 is 0. The number of carbonyl (C=O) groups excluding carboxylic acids is 2. The van der Waals surface area contributed by atoms with E-state index in [1.165, 1.54) is 6.92 Å². The van der Waals surface area contributed by atoms with Crippen LogP contribution in [0.15, 0.2) is 60.6 Å². The Morgan fingerprint density at radius 1 is 1.27 bits per heavy atom. The number of nitrogens with zero attached hydrogens (tertiary/aromatic N) is 2. The Labute approximate surface area is 158 Å². The van der Waals surface area contributed by atoms with Crippen LogP contribution in [0.3, 0.4) is 0 Å². The topological polar surface area (TPSA) is 40.6 Å². The van der Waals surface area contributed by atoms with Gasteiger partial charge < -0.3 is 9.80 Å². The summed E-state index contributed by atoms with van der Waals surface area (Å²) in [5, 5.41) is 2.01. The minimum absolute atomic E-state index is 0.0136. The van der Waals surface area contributed by atoms with Crippen LogP contribution < -0.4 is 0 Å². The maximum atomic E-state index is 13.0. The normalized spacial score (nSPS) is 15.4. The molecule has 0 saturated carbocycles. The van der Waals surface area contributed by atoms with Crippen LogP contribution in [0.5, 0.6) is 0 Å². The molecular formula is C21H22N2O2S. The molecule has 0 saturated heterocycles. The van der Waals surface area contributed by atoms with E-state index in [4.69, 9.17) is 0 Å². The second-order valence-corrected chi connectivity index (χ2v) is 7.27. The van der Waals surface area contributed by atoms with E-state index in [0.717, 1.165) is 16.0 Å². The fraction of sp³-hybridized carbons (Fsp3) is 0.238. The van der Waals surface area contributed by atoms with E-state index in [1.54, 1.807) is 33.4 Å². The van der Waals surface area contributed by atoms with Crippen LogP contribution in [0.1, 0.15) is 35.4 Å². The summed E-state index contributed by atoms with van der Waals surface area (Å²) >= 11 is 1.63. The van der Waals surface area contributed by atoms with Crippen LogP contribution in [-0.4, -0.2) is 28.2 Å². The summed E-state index contributed by atoms with van der Waals surface area (Å²) in [6, 6.07) is 11.6. The van der Waals surface area contributed by atoms with Crippen molar-refractivity contribution in [1.29, 1.82) is 0 Å². The summed E-state index contributed by atoms with van der Waals surface area (Å²) in [5.41, 5.74) is 2.06. The fourth-order valence-corrected chi connectivity index (χ4v) is 3.93. The molecule has 2 heterocycles. The van der Waals surface area contributed by atoms with Gasteiger partial charge in [-0.1, -0.05) is 36.4 Å². The van der Waals surface area contributed by atoms with E-state index in [2.05, 4.69) is 6.58 Å². The zero-order valence-corrected chi connectivity index (χ0v) is 15.6. The maximum absolute atomic E-state index is 13.0. The third kappa shape index (κ3) is 3.94. The summed E-state index contributed by atoms with van der Waals surface area (Å²) in [6.07, 6.45) is 5.69. The first-order chi connectivity index (χ1) is 12.6. The Morgan fingerprint density at radius 3 is 2.77 bits per heavy atom. The molecular weight excluding hydrogens is 344 g/mol. The highest BCUT2D eigenvalue weighted by molar-refractivity contribution is 7.09. The first-order valence-electron chi connectivity index (χ1n) is 8.57. The lowest BCUT2D eigenvalue weighted by Gasteiger charge is -2.33. The van der Waals surface area contributed by atoms with Gasteiger partial charge in [0.25, 0.3) is 0 Å². The van der Waals surface area contributed by atoms with E-state index >= 15 is 0 Å².